The first-order valence-corrected chi connectivity index (χ1v) is 5.98. The standard InChI is InChI=1S/C14H19N3/c1-4-14-13(9-17(3)16-14)12-7-10(2)5-6-11(12)8-15/h5-7,9H,4,8,15H2,1-3H3. The fourth-order valence-electron chi connectivity index (χ4n) is 2.14. The molecule has 0 aliphatic carbocycles. The second-order valence-corrected chi connectivity index (χ2v) is 4.38. The molecule has 0 saturated carbocycles. The Morgan fingerprint density at radius 3 is 2.71 bits per heavy atom. The minimum absolute atomic E-state index is 0.563. The minimum atomic E-state index is 0.563. The highest BCUT2D eigenvalue weighted by Gasteiger charge is 2.11. The summed E-state index contributed by atoms with van der Waals surface area (Å²) >= 11 is 0. The molecule has 2 N–H and O–H groups in total. The Kier molecular flexibility index (Phi) is 3.29. The zero-order valence-corrected chi connectivity index (χ0v) is 10.7. The first-order chi connectivity index (χ1) is 8.15. The first kappa shape index (κ1) is 11.9. The molecule has 2 rings (SSSR count). The second kappa shape index (κ2) is 4.72. The Balaban J connectivity index is 2.61. The third kappa shape index (κ3) is 2.24. The molecular weight excluding hydrogens is 210 g/mol. The van der Waals surface area contributed by atoms with Gasteiger partial charge in [-0.3, -0.25) is 4.68 Å². The van der Waals surface area contributed by atoms with Crippen molar-refractivity contribution in [3.05, 3.63) is 41.2 Å². The average molecular weight is 229 g/mol. The molecule has 17 heavy (non-hydrogen) atoms. The van der Waals surface area contributed by atoms with Crippen LogP contribution in [0.5, 0.6) is 0 Å². The number of aryl methyl sites for hydroxylation is 3. The normalized spacial score (nSPS) is 10.8. The van der Waals surface area contributed by atoms with Crippen LogP contribution in [0.3, 0.4) is 0 Å². The van der Waals surface area contributed by atoms with E-state index in [1.807, 2.05) is 11.7 Å². The molecule has 1 aromatic heterocycles. The second-order valence-electron chi connectivity index (χ2n) is 4.38. The van der Waals surface area contributed by atoms with Crippen LogP contribution in [0.1, 0.15) is 23.7 Å². The third-order valence-electron chi connectivity index (χ3n) is 3.02. The number of aromatic nitrogens is 2. The Bertz CT molecular complexity index is 526. The summed E-state index contributed by atoms with van der Waals surface area (Å²) in [7, 11) is 1.96. The van der Waals surface area contributed by atoms with E-state index in [1.165, 1.54) is 22.3 Å². The molecule has 0 unspecified atom stereocenters. The molecule has 1 heterocycles. The average Bonchev–Trinajstić information content (AvgIpc) is 2.70. The highest BCUT2D eigenvalue weighted by atomic mass is 15.2. The van der Waals surface area contributed by atoms with Crippen LogP contribution >= 0.6 is 0 Å². The molecule has 90 valence electrons. The van der Waals surface area contributed by atoms with Crippen molar-refractivity contribution in [3.63, 3.8) is 0 Å². The summed E-state index contributed by atoms with van der Waals surface area (Å²) in [5, 5.41) is 4.49. The number of hydrogen-bond acceptors (Lipinski definition) is 2. The predicted molar refractivity (Wildman–Crippen MR) is 70.7 cm³/mol. The quantitative estimate of drug-likeness (QED) is 0.878. The van der Waals surface area contributed by atoms with Gasteiger partial charge in [-0.15, -0.1) is 0 Å². The molecule has 3 nitrogen and oxygen atoms in total. The van der Waals surface area contributed by atoms with Gasteiger partial charge in [-0.05, 0) is 24.5 Å². The van der Waals surface area contributed by atoms with E-state index >= 15 is 0 Å². The largest absolute Gasteiger partial charge is 0.326 e. The molecule has 0 aliphatic heterocycles. The SMILES string of the molecule is CCc1nn(C)cc1-c1cc(C)ccc1CN. The van der Waals surface area contributed by atoms with Crippen LogP contribution in [0.15, 0.2) is 24.4 Å². The fourth-order valence-corrected chi connectivity index (χ4v) is 2.14. The fraction of sp³-hybridized carbons (Fsp3) is 0.357. The molecule has 0 saturated heterocycles. The maximum absolute atomic E-state index is 5.81. The van der Waals surface area contributed by atoms with Crippen LogP contribution in [0, 0.1) is 6.92 Å². The van der Waals surface area contributed by atoms with Gasteiger partial charge in [0.05, 0.1) is 5.69 Å². The molecule has 1 aromatic carbocycles. The van der Waals surface area contributed by atoms with Crippen molar-refractivity contribution < 1.29 is 0 Å². The molecule has 0 fully saturated rings. The van der Waals surface area contributed by atoms with E-state index in [9.17, 15) is 0 Å². The third-order valence-corrected chi connectivity index (χ3v) is 3.02. The monoisotopic (exact) mass is 229 g/mol. The van der Waals surface area contributed by atoms with Gasteiger partial charge in [0.2, 0.25) is 0 Å². The molecule has 0 aliphatic rings. The minimum Gasteiger partial charge on any atom is -0.326 e. The van der Waals surface area contributed by atoms with Crippen molar-refractivity contribution in [3.8, 4) is 11.1 Å². The maximum Gasteiger partial charge on any atom is 0.0700 e. The molecule has 2 aromatic rings. The van der Waals surface area contributed by atoms with Crippen LogP contribution in [-0.4, -0.2) is 9.78 Å². The van der Waals surface area contributed by atoms with E-state index < -0.39 is 0 Å². The molecule has 0 radical (unpaired) electrons. The van der Waals surface area contributed by atoms with Crippen molar-refractivity contribution in [1.29, 1.82) is 0 Å². The number of nitrogens with two attached hydrogens (primary N) is 1. The Morgan fingerprint density at radius 1 is 1.29 bits per heavy atom. The number of benzene rings is 1. The Labute approximate surface area is 102 Å². The van der Waals surface area contributed by atoms with Gasteiger partial charge >= 0.3 is 0 Å². The van der Waals surface area contributed by atoms with Crippen LogP contribution in [0.4, 0.5) is 0 Å². The van der Waals surface area contributed by atoms with E-state index in [0.717, 1.165) is 12.1 Å². The first-order valence-electron chi connectivity index (χ1n) is 5.98. The summed E-state index contributed by atoms with van der Waals surface area (Å²) in [5.74, 6) is 0. The molecule has 0 amide bonds. The summed E-state index contributed by atoms with van der Waals surface area (Å²) in [5.41, 5.74) is 11.8. The van der Waals surface area contributed by atoms with E-state index in [0.29, 0.717) is 6.54 Å². The van der Waals surface area contributed by atoms with Gasteiger partial charge in [0.25, 0.3) is 0 Å². The Morgan fingerprint density at radius 2 is 2.06 bits per heavy atom. The number of hydrogen-bond donors (Lipinski definition) is 1. The van der Waals surface area contributed by atoms with Crippen molar-refractivity contribution in [2.45, 2.75) is 26.8 Å². The van der Waals surface area contributed by atoms with Gasteiger partial charge in [-0.2, -0.15) is 5.10 Å². The number of nitrogens with zero attached hydrogens (tertiary/aromatic N) is 2. The van der Waals surface area contributed by atoms with Gasteiger partial charge in [-0.1, -0.05) is 30.7 Å². The van der Waals surface area contributed by atoms with E-state index in [2.05, 4.69) is 43.3 Å². The lowest BCUT2D eigenvalue weighted by Gasteiger charge is -2.08. The summed E-state index contributed by atoms with van der Waals surface area (Å²) in [4.78, 5) is 0. The van der Waals surface area contributed by atoms with E-state index in [1.54, 1.807) is 0 Å². The lowest BCUT2D eigenvalue weighted by molar-refractivity contribution is 0.746. The number of rotatable bonds is 3. The zero-order valence-electron chi connectivity index (χ0n) is 10.7. The summed E-state index contributed by atoms with van der Waals surface area (Å²) in [6.07, 6.45) is 3.01. The highest BCUT2D eigenvalue weighted by molar-refractivity contribution is 5.69. The molecule has 0 spiro atoms. The van der Waals surface area contributed by atoms with E-state index in [4.69, 9.17) is 5.73 Å². The predicted octanol–water partition coefficient (Wildman–Crippen LogP) is 2.42. The van der Waals surface area contributed by atoms with Crippen molar-refractivity contribution in [1.82, 2.24) is 9.78 Å². The highest BCUT2D eigenvalue weighted by Crippen LogP contribution is 2.27. The van der Waals surface area contributed by atoms with Crippen LogP contribution in [0.25, 0.3) is 11.1 Å². The Hall–Kier alpha value is -1.61. The molecule has 3 heteroatoms. The van der Waals surface area contributed by atoms with Gasteiger partial charge in [0.15, 0.2) is 0 Å². The summed E-state index contributed by atoms with van der Waals surface area (Å²) in [6, 6.07) is 6.41. The van der Waals surface area contributed by atoms with Gasteiger partial charge < -0.3 is 5.73 Å². The van der Waals surface area contributed by atoms with Crippen molar-refractivity contribution >= 4 is 0 Å². The lowest BCUT2D eigenvalue weighted by Crippen LogP contribution is -2.00. The van der Waals surface area contributed by atoms with E-state index in [-0.39, 0.29) is 0 Å². The smallest absolute Gasteiger partial charge is 0.0700 e. The topological polar surface area (TPSA) is 43.8 Å². The van der Waals surface area contributed by atoms with Gasteiger partial charge in [0.1, 0.15) is 0 Å². The van der Waals surface area contributed by atoms with Gasteiger partial charge in [0, 0.05) is 25.4 Å². The van der Waals surface area contributed by atoms with Crippen LogP contribution in [-0.2, 0) is 20.0 Å². The summed E-state index contributed by atoms with van der Waals surface area (Å²) < 4.78 is 1.87. The summed E-state index contributed by atoms with van der Waals surface area (Å²) in [6.45, 7) is 4.79. The van der Waals surface area contributed by atoms with Crippen LogP contribution in [0.2, 0.25) is 0 Å². The lowest BCUT2D eigenvalue weighted by atomic mass is 9.97. The molecule has 0 bridgehead atoms. The molecule has 0 atom stereocenters. The van der Waals surface area contributed by atoms with Gasteiger partial charge in [-0.25, -0.2) is 0 Å². The van der Waals surface area contributed by atoms with Crippen LogP contribution < -0.4 is 5.73 Å². The zero-order chi connectivity index (χ0) is 12.4. The van der Waals surface area contributed by atoms with Crippen molar-refractivity contribution in [2.75, 3.05) is 0 Å². The van der Waals surface area contributed by atoms with Crippen molar-refractivity contribution in [2.24, 2.45) is 12.8 Å². The molecular formula is C14H19N3. The maximum atomic E-state index is 5.81.